The quantitative estimate of drug-likeness (QED) is 0.816. The number of rotatable bonds is 5. The van der Waals surface area contributed by atoms with Crippen molar-refractivity contribution in [3.8, 4) is 0 Å². The molecule has 0 aliphatic carbocycles. The number of anilines is 1. The minimum atomic E-state index is -0.621. The van der Waals surface area contributed by atoms with Crippen LogP contribution < -0.4 is 10.2 Å². The number of hydrogen-bond acceptors (Lipinski definition) is 4. The minimum Gasteiger partial charge on any atom is -0.383 e. The van der Waals surface area contributed by atoms with Crippen molar-refractivity contribution in [2.24, 2.45) is 0 Å². The summed E-state index contributed by atoms with van der Waals surface area (Å²) in [5, 5.41) is 2.73. The molecule has 3 amide bonds. The summed E-state index contributed by atoms with van der Waals surface area (Å²) in [5.74, 6) is -0.727. The maximum absolute atomic E-state index is 13.1. The summed E-state index contributed by atoms with van der Waals surface area (Å²) in [7, 11) is 1.55. The highest BCUT2D eigenvalue weighted by Gasteiger charge is 2.47. The summed E-state index contributed by atoms with van der Waals surface area (Å²) < 4.78 is 4.93. The summed E-state index contributed by atoms with van der Waals surface area (Å²) in [6.45, 7) is 0.608. The van der Waals surface area contributed by atoms with E-state index in [0.29, 0.717) is 30.0 Å². The van der Waals surface area contributed by atoms with Crippen LogP contribution >= 0.6 is 0 Å². The molecule has 0 saturated heterocycles. The normalized spacial score (nSPS) is 17.4. The fraction of sp³-hybridized carbons (Fsp3) is 0.250. The SMILES string of the molecule is COCCNC(=O)CN1C(=O)c2ccccc2N2C(=O)c3ccccc3[C@H]12. The molecule has 138 valence electrons. The number of ether oxygens (including phenoxy) is 1. The van der Waals surface area contributed by atoms with E-state index in [1.165, 1.54) is 4.90 Å². The number of para-hydroxylation sites is 1. The van der Waals surface area contributed by atoms with Crippen LogP contribution in [-0.4, -0.2) is 49.4 Å². The van der Waals surface area contributed by atoms with E-state index >= 15 is 0 Å². The Morgan fingerprint density at radius 3 is 2.52 bits per heavy atom. The molecule has 2 aromatic rings. The van der Waals surface area contributed by atoms with Crippen molar-refractivity contribution < 1.29 is 19.1 Å². The number of benzene rings is 2. The van der Waals surface area contributed by atoms with E-state index in [2.05, 4.69) is 5.32 Å². The van der Waals surface area contributed by atoms with Gasteiger partial charge >= 0.3 is 0 Å². The molecular weight excluding hydrogens is 346 g/mol. The molecule has 1 atom stereocenters. The molecule has 0 spiro atoms. The molecule has 2 aliphatic heterocycles. The second-order valence-corrected chi connectivity index (χ2v) is 6.43. The van der Waals surface area contributed by atoms with Gasteiger partial charge in [-0.25, -0.2) is 0 Å². The monoisotopic (exact) mass is 365 g/mol. The van der Waals surface area contributed by atoms with Crippen molar-refractivity contribution in [3.05, 3.63) is 65.2 Å². The van der Waals surface area contributed by atoms with E-state index in [4.69, 9.17) is 4.74 Å². The molecule has 0 aromatic heterocycles. The standard InChI is InChI=1S/C20H19N3O4/c1-27-11-10-21-17(24)12-22-18-13-6-2-3-7-14(13)20(26)23(18)16-9-5-4-8-15(16)19(22)25/h2-9,18H,10-12H2,1H3,(H,21,24)/t18-/m1/s1. The number of amides is 3. The van der Waals surface area contributed by atoms with Gasteiger partial charge < -0.3 is 15.0 Å². The van der Waals surface area contributed by atoms with E-state index in [-0.39, 0.29) is 24.3 Å². The minimum absolute atomic E-state index is 0.139. The molecular formula is C20H19N3O4. The Kier molecular flexibility index (Phi) is 4.37. The topological polar surface area (TPSA) is 79.0 Å². The second-order valence-electron chi connectivity index (χ2n) is 6.43. The Morgan fingerprint density at radius 1 is 1.04 bits per heavy atom. The maximum Gasteiger partial charge on any atom is 0.260 e. The Bertz CT molecular complexity index is 927. The Labute approximate surface area is 156 Å². The van der Waals surface area contributed by atoms with Crippen LogP contribution in [0.4, 0.5) is 5.69 Å². The third-order valence-electron chi connectivity index (χ3n) is 4.83. The van der Waals surface area contributed by atoms with Gasteiger partial charge in [-0.1, -0.05) is 30.3 Å². The molecule has 1 N–H and O–H groups in total. The molecule has 2 aliphatic rings. The average Bonchev–Trinajstić information content (AvgIpc) is 2.98. The molecule has 0 radical (unpaired) electrons. The van der Waals surface area contributed by atoms with Crippen LogP contribution in [0.25, 0.3) is 0 Å². The van der Waals surface area contributed by atoms with Crippen LogP contribution in [0.3, 0.4) is 0 Å². The van der Waals surface area contributed by atoms with Crippen LogP contribution in [0.5, 0.6) is 0 Å². The van der Waals surface area contributed by atoms with Gasteiger partial charge in [0.1, 0.15) is 12.7 Å². The molecule has 0 unspecified atom stereocenters. The average molecular weight is 365 g/mol. The lowest BCUT2D eigenvalue weighted by Gasteiger charge is -2.40. The predicted molar refractivity (Wildman–Crippen MR) is 98.4 cm³/mol. The second kappa shape index (κ2) is 6.85. The van der Waals surface area contributed by atoms with Gasteiger partial charge in [0, 0.05) is 24.8 Å². The molecule has 7 nitrogen and oxygen atoms in total. The molecule has 2 heterocycles. The lowest BCUT2D eigenvalue weighted by molar-refractivity contribution is -0.122. The number of fused-ring (bicyclic) bond motifs is 5. The highest BCUT2D eigenvalue weighted by Crippen LogP contribution is 2.44. The van der Waals surface area contributed by atoms with E-state index < -0.39 is 6.17 Å². The van der Waals surface area contributed by atoms with E-state index in [9.17, 15) is 14.4 Å². The molecule has 2 aromatic carbocycles. The summed E-state index contributed by atoms with van der Waals surface area (Å²) in [4.78, 5) is 41.6. The van der Waals surface area contributed by atoms with Crippen LogP contribution in [0.2, 0.25) is 0 Å². The number of nitrogens with one attached hydrogen (secondary N) is 1. The van der Waals surface area contributed by atoms with Crippen LogP contribution in [0.15, 0.2) is 48.5 Å². The van der Waals surface area contributed by atoms with Crippen molar-refractivity contribution >= 4 is 23.4 Å². The summed E-state index contributed by atoms with van der Waals surface area (Å²) in [6.07, 6.45) is -0.621. The van der Waals surface area contributed by atoms with Crippen LogP contribution in [0, 0.1) is 0 Å². The lowest BCUT2D eigenvalue weighted by atomic mass is 10.0. The van der Waals surface area contributed by atoms with E-state index in [1.54, 1.807) is 48.4 Å². The fourth-order valence-corrected chi connectivity index (χ4v) is 3.64. The number of hydrogen-bond donors (Lipinski definition) is 1. The summed E-state index contributed by atoms with van der Waals surface area (Å²) >= 11 is 0. The first-order valence-corrected chi connectivity index (χ1v) is 8.71. The number of methoxy groups -OCH3 is 1. The van der Waals surface area contributed by atoms with Gasteiger partial charge in [0.15, 0.2) is 0 Å². The van der Waals surface area contributed by atoms with E-state index in [0.717, 1.165) is 5.56 Å². The third-order valence-corrected chi connectivity index (χ3v) is 4.83. The highest BCUT2D eigenvalue weighted by atomic mass is 16.5. The first kappa shape index (κ1) is 17.2. The van der Waals surface area contributed by atoms with Gasteiger partial charge in [0.2, 0.25) is 5.91 Å². The smallest absolute Gasteiger partial charge is 0.260 e. The van der Waals surface area contributed by atoms with Gasteiger partial charge in [0.05, 0.1) is 17.9 Å². The molecule has 0 bridgehead atoms. The molecule has 0 saturated carbocycles. The van der Waals surface area contributed by atoms with E-state index in [1.807, 2.05) is 12.1 Å². The number of carbonyl (C=O) groups excluding carboxylic acids is 3. The third kappa shape index (κ3) is 2.76. The number of nitrogens with zero attached hydrogens (tertiary/aromatic N) is 2. The van der Waals surface area contributed by atoms with Gasteiger partial charge in [-0.05, 0) is 18.2 Å². The van der Waals surface area contributed by atoms with Crippen LogP contribution in [-0.2, 0) is 9.53 Å². The molecule has 4 rings (SSSR count). The van der Waals surface area contributed by atoms with Gasteiger partial charge in [-0.15, -0.1) is 0 Å². The molecule has 27 heavy (non-hydrogen) atoms. The summed E-state index contributed by atoms with van der Waals surface area (Å²) in [5.41, 5.74) is 2.27. The zero-order valence-electron chi connectivity index (χ0n) is 14.8. The van der Waals surface area contributed by atoms with Crippen molar-refractivity contribution in [1.82, 2.24) is 10.2 Å². The zero-order chi connectivity index (χ0) is 19.0. The fourth-order valence-electron chi connectivity index (χ4n) is 3.64. The maximum atomic E-state index is 13.1. The van der Waals surface area contributed by atoms with Crippen molar-refractivity contribution in [2.45, 2.75) is 6.17 Å². The van der Waals surface area contributed by atoms with Crippen molar-refractivity contribution in [1.29, 1.82) is 0 Å². The summed E-state index contributed by atoms with van der Waals surface area (Å²) in [6, 6.07) is 14.2. The Morgan fingerprint density at radius 2 is 1.74 bits per heavy atom. The highest BCUT2D eigenvalue weighted by molar-refractivity contribution is 6.17. The van der Waals surface area contributed by atoms with Crippen molar-refractivity contribution in [3.63, 3.8) is 0 Å². The van der Waals surface area contributed by atoms with Crippen LogP contribution in [0.1, 0.15) is 32.4 Å². The first-order chi connectivity index (χ1) is 13.1. The van der Waals surface area contributed by atoms with Gasteiger partial charge in [-0.2, -0.15) is 0 Å². The van der Waals surface area contributed by atoms with Crippen molar-refractivity contribution in [2.75, 3.05) is 31.7 Å². The number of carbonyl (C=O) groups is 3. The largest absolute Gasteiger partial charge is 0.383 e. The van der Waals surface area contributed by atoms with Gasteiger partial charge in [-0.3, -0.25) is 19.3 Å². The predicted octanol–water partition coefficient (Wildman–Crippen LogP) is 1.56. The molecule has 0 fully saturated rings. The Balaban J connectivity index is 1.74. The Hall–Kier alpha value is -3.19. The zero-order valence-corrected chi connectivity index (χ0v) is 14.8. The first-order valence-electron chi connectivity index (χ1n) is 8.71. The lowest BCUT2D eigenvalue weighted by Crippen LogP contribution is -2.51. The molecule has 7 heteroatoms. The van der Waals surface area contributed by atoms with Gasteiger partial charge in [0.25, 0.3) is 11.8 Å².